The van der Waals surface area contributed by atoms with Gasteiger partial charge in [-0.25, -0.2) is 0 Å². The standard InChI is InChI=1S/C20H28O4/c1-17-7-8-20(22)12(15(17)23-10-9-17)11-13-14-18(2,16(21)24-13)5-4-6-19(14,20)3/h11,13-15,22H,4-10H2,1-3H3/t13-,14+,15-,17-,18+,19+,20-/m1/s1. The van der Waals surface area contributed by atoms with E-state index in [1.165, 1.54) is 0 Å². The second-order valence-corrected chi connectivity index (χ2v) is 9.67. The number of rotatable bonds is 0. The number of esters is 1. The van der Waals surface area contributed by atoms with Crippen LogP contribution in [-0.2, 0) is 14.3 Å². The van der Waals surface area contributed by atoms with Crippen LogP contribution in [0.3, 0.4) is 0 Å². The molecule has 0 aromatic heterocycles. The minimum absolute atomic E-state index is 0.0264. The molecular weight excluding hydrogens is 304 g/mol. The molecule has 0 spiro atoms. The lowest BCUT2D eigenvalue weighted by atomic mass is 9.43. The third-order valence-corrected chi connectivity index (χ3v) is 8.50. The van der Waals surface area contributed by atoms with Gasteiger partial charge in [0.15, 0.2) is 0 Å². The molecule has 0 amide bonds. The third kappa shape index (κ3) is 1.48. The second-order valence-electron chi connectivity index (χ2n) is 9.67. The minimum Gasteiger partial charge on any atom is -0.457 e. The molecule has 0 unspecified atom stereocenters. The molecule has 2 saturated heterocycles. The molecule has 5 aliphatic rings. The molecule has 4 heteroatoms. The van der Waals surface area contributed by atoms with Crippen LogP contribution >= 0.6 is 0 Å². The van der Waals surface area contributed by atoms with Gasteiger partial charge in [-0.3, -0.25) is 4.79 Å². The molecule has 0 radical (unpaired) electrons. The normalized spacial score (nSPS) is 58.4. The highest BCUT2D eigenvalue weighted by atomic mass is 16.6. The van der Waals surface area contributed by atoms with Gasteiger partial charge in [0.1, 0.15) is 6.10 Å². The van der Waals surface area contributed by atoms with E-state index in [9.17, 15) is 9.90 Å². The first-order chi connectivity index (χ1) is 11.2. The molecule has 1 N–H and O–H groups in total. The van der Waals surface area contributed by atoms with Crippen molar-refractivity contribution in [2.24, 2.45) is 22.2 Å². The summed E-state index contributed by atoms with van der Waals surface area (Å²) in [6.45, 7) is 7.30. The van der Waals surface area contributed by atoms with E-state index in [0.29, 0.717) is 0 Å². The van der Waals surface area contributed by atoms with Crippen LogP contribution in [0.4, 0.5) is 0 Å². The summed E-state index contributed by atoms with van der Waals surface area (Å²) in [6.07, 6.45) is 7.47. The van der Waals surface area contributed by atoms with Crippen molar-refractivity contribution in [3.8, 4) is 0 Å². The van der Waals surface area contributed by atoms with Gasteiger partial charge in [-0.05, 0) is 50.7 Å². The monoisotopic (exact) mass is 332 g/mol. The van der Waals surface area contributed by atoms with Crippen LogP contribution in [0.15, 0.2) is 11.6 Å². The van der Waals surface area contributed by atoms with Crippen molar-refractivity contribution < 1.29 is 19.4 Å². The van der Waals surface area contributed by atoms with E-state index in [2.05, 4.69) is 26.8 Å². The van der Waals surface area contributed by atoms with Gasteiger partial charge in [0.05, 0.1) is 17.1 Å². The summed E-state index contributed by atoms with van der Waals surface area (Å²) in [5.74, 6) is 0.00313. The van der Waals surface area contributed by atoms with Gasteiger partial charge in [-0.1, -0.05) is 20.3 Å². The fourth-order valence-corrected chi connectivity index (χ4v) is 7.02. The Morgan fingerprint density at radius 3 is 2.71 bits per heavy atom. The fourth-order valence-electron chi connectivity index (χ4n) is 7.02. The molecule has 24 heavy (non-hydrogen) atoms. The zero-order valence-corrected chi connectivity index (χ0v) is 14.9. The van der Waals surface area contributed by atoms with Crippen LogP contribution in [0, 0.1) is 22.2 Å². The van der Waals surface area contributed by atoms with Crippen LogP contribution in [0.25, 0.3) is 0 Å². The van der Waals surface area contributed by atoms with E-state index in [4.69, 9.17) is 9.47 Å². The highest BCUT2D eigenvalue weighted by Gasteiger charge is 2.72. The lowest BCUT2D eigenvalue weighted by Gasteiger charge is -2.62. The Morgan fingerprint density at radius 1 is 1.12 bits per heavy atom. The third-order valence-electron chi connectivity index (χ3n) is 8.50. The molecule has 4 nitrogen and oxygen atoms in total. The molecule has 0 aromatic carbocycles. The first-order valence-electron chi connectivity index (χ1n) is 9.52. The molecule has 2 saturated carbocycles. The molecule has 5 rings (SSSR count). The van der Waals surface area contributed by atoms with Crippen LogP contribution in [-0.4, -0.2) is 35.5 Å². The maximum absolute atomic E-state index is 12.7. The molecule has 7 atom stereocenters. The van der Waals surface area contributed by atoms with Crippen LogP contribution in [0.5, 0.6) is 0 Å². The van der Waals surface area contributed by atoms with Gasteiger partial charge in [0.25, 0.3) is 0 Å². The molecule has 4 fully saturated rings. The summed E-state index contributed by atoms with van der Waals surface area (Å²) >= 11 is 0. The van der Waals surface area contributed by atoms with Gasteiger partial charge in [0, 0.05) is 23.4 Å². The molecular formula is C20H28O4. The zero-order chi connectivity index (χ0) is 17.0. The van der Waals surface area contributed by atoms with Crippen LogP contribution in [0.1, 0.15) is 59.3 Å². The van der Waals surface area contributed by atoms with Crippen molar-refractivity contribution in [1.82, 2.24) is 0 Å². The first-order valence-corrected chi connectivity index (χ1v) is 9.52. The van der Waals surface area contributed by atoms with Crippen molar-refractivity contribution in [2.45, 2.75) is 77.1 Å². The molecule has 0 bridgehead atoms. The number of aliphatic hydroxyl groups is 1. The highest BCUT2D eigenvalue weighted by molar-refractivity contribution is 5.80. The van der Waals surface area contributed by atoms with Crippen molar-refractivity contribution in [1.29, 1.82) is 0 Å². The van der Waals surface area contributed by atoms with Gasteiger partial charge in [-0.15, -0.1) is 0 Å². The number of fused-ring (bicyclic) bond motifs is 4. The van der Waals surface area contributed by atoms with Gasteiger partial charge >= 0.3 is 5.97 Å². The maximum atomic E-state index is 12.7. The summed E-state index contributed by atoms with van der Waals surface area (Å²) in [5.41, 5.74) is -0.502. The minimum atomic E-state index is -0.863. The molecule has 2 aliphatic heterocycles. The fraction of sp³-hybridized carbons (Fsp3) is 0.850. The predicted octanol–water partition coefficient (Wildman–Crippen LogP) is 2.98. The van der Waals surface area contributed by atoms with E-state index in [1.807, 2.05) is 0 Å². The topological polar surface area (TPSA) is 55.8 Å². The Balaban J connectivity index is 1.70. The molecule has 0 aromatic rings. The number of carbonyl (C=O) groups excluding carboxylic acids is 1. The zero-order valence-electron chi connectivity index (χ0n) is 14.9. The number of hydrogen-bond acceptors (Lipinski definition) is 4. The number of hydrogen-bond donors (Lipinski definition) is 1. The van der Waals surface area contributed by atoms with Crippen LogP contribution < -0.4 is 0 Å². The number of ether oxygens (including phenoxy) is 2. The highest BCUT2D eigenvalue weighted by Crippen LogP contribution is 2.68. The van der Waals surface area contributed by atoms with Crippen molar-refractivity contribution in [3.05, 3.63) is 11.6 Å². The Kier molecular flexibility index (Phi) is 2.74. The second kappa shape index (κ2) is 4.27. The largest absolute Gasteiger partial charge is 0.457 e. The average Bonchev–Trinajstić information content (AvgIpc) is 3.02. The molecule has 2 heterocycles. The van der Waals surface area contributed by atoms with Crippen molar-refractivity contribution >= 4 is 5.97 Å². The molecule has 132 valence electrons. The summed E-state index contributed by atoms with van der Waals surface area (Å²) < 4.78 is 11.9. The average molecular weight is 332 g/mol. The Morgan fingerprint density at radius 2 is 1.92 bits per heavy atom. The Bertz CT molecular complexity index is 656. The summed E-state index contributed by atoms with van der Waals surface area (Å²) in [4.78, 5) is 12.7. The lowest BCUT2D eigenvalue weighted by Crippen LogP contribution is -2.65. The van der Waals surface area contributed by atoms with E-state index >= 15 is 0 Å². The number of carbonyl (C=O) groups is 1. The quantitative estimate of drug-likeness (QED) is 0.547. The SMILES string of the molecule is C[C@@]12CCO[C@@H]1C1=C[C@H]3OC(=O)[C@@]4(C)CCC[C@@](C)([C@@H]34)[C@@]1(O)CC2. The predicted molar refractivity (Wildman–Crippen MR) is 88.2 cm³/mol. The first kappa shape index (κ1) is 15.4. The van der Waals surface area contributed by atoms with Gasteiger partial charge in [-0.2, -0.15) is 0 Å². The van der Waals surface area contributed by atoms with E-state index < -0.39 is 11.0 Å². The Labute approximate surface area is 143 Å². The summed E-state index contributed by atoms with van der Waals surface area (Å²) in [7, 11) is 0. The summed E-state index contributed by atoms with van der Waals surface area (Å²) in [5, 5.41) is 12.0. The summed E-state index contributed by atoms with van der Waals surface area (Å²) in [6, 6.07) is 0. The smallest absolute Gasteiger partial charge is 0.312 e. The maximum Gasteiger partial charge on any atom is 0.312 e. The van der Waals surface area contributed by atoms with Crippen molar-refractivity contribution in [3.63, 3.8) is 0 Å². The van der Waals surface area contributed by atoms with Gasteiger partial charge < -0.3 is 14.6 Å². The Hall–Kier alpha value is -0.870. The van der Waals surface area contributed by atoms with Crippen molar-refractivity contribution in [2.75, 3.05) is 6.61 Å². The van der Waals surface area contributed by atoms with E-state index in [-0.39, 0.29) is 34.9 Å². The van der Waals surface area contributed by atoms with E-state index in [1.54, 1.807) is 0 Å². The lowest BCUT2D eigenvalue weighted by molar-refractivity contribution is -0.173. The van der Waals surface area contributed by atoms with E-state index in [0.717, 1.165) is 50.7 Å². The van der Waals surface area contributed by atoms with Gasteiger partial charge in [0.2, 0.25) is 0 Å². The molecule has 3 aliphatic carbocycles. The van der Waals surface area contributed by atoms with Crippen LogP contribution in [0.2, 0.25) is 0 Å².